The van der Waals surface area contributed by atoms with E-state index < -0.39 is 5.91 Å². The van der Waals surface area contributed by atoms with Crippen LogP contribution >= 0.6 is 0 Å². The lowest BCUT2D eigenvalue weighted by Crippen LogP contribution is -2.32. The molecule has 5 heteroatoms. The molecule has 0 spiro atoms. The van der Waals surface area contributed by atoms with Crippen molar-refractivity contribution in [1.82, 2.24) is 0 Å². The maximum Gasteiger partial charge on any atom is 0.248 e. The molecule has 1 atom stereocenters. The third-order valence-electron chi connectivity index (χ3n) is 3.21. The molecule has 5 nitrogen and oxygen atoms in total. The van der Waals surface area contributed by atoms with Crippen LogP contribution in [0.15, 0.2) is 18.2 Å². The number of aliphatic hydroxyl groups excluding tert-OH is 1. The predicted octanol–water partition coefficient (Wildman–Crippen LogP) is 0.329. The van der Waals surface area contributed by atoms with Crippen molar-refractivity contribution in [2.75, 3.05) is 23.8 Å². The van der Waals surface area contributed by atoms with Gasteiger partial charge in [0.05, 0.1) is 24.0 Å². The summed E-state index contributed by atoms with van der Waals surface area (Å²) in [6, 6.07) is 5.17. The monoisotopic (exact) mass is 235 g/mol. The summed E-state index contributed by atoms with van der Waals surface area (Å²) in [4.78, 5) is 13.1. The Hall–Kier alpha value is -1.75. The van der Waals surface area contributed by atoms with Gasteiger partial charge in [0, 0.05) is 12.1 Å². The number of hydrogen-bond acceptors (Lipinski definition) is 4. The van der Waals surface area contributed by atoms with Gasteiger partial charge in [-0.15, -0.1) is 0 Å². The van der Waals surface area contributed by atoms with Gasteiger partial charge in [0.25, 0.3) is 0 Å². The van der Waals surface area contributed by atoms with Gasteiger partial charge in [0.15, 0.2) is 0 Å². The molecule has 92 valence electrons. The van der Waals surface area contributed by atoms with E-state index in [2.05, 4.69) is 4.90 Å². The van der Waals surface area contributed by atoms with E-state index in [0.717, 1.165) is 25.1 Å². The van der Waals surface area contributed by atoms with Crippen molar-refractivity contribution in [2.24, 2.45) is 5.73 Å². The fraction of sp³-hybridized carbons (Fsp3) is 0.417. The molecule has 1 aliphatic heterocycles. The van der Waals surface area contributed by atoms with E-state index in [1.54, 1.807) is 18.2 Å². The summed E-state index contributed by atoms with van der Waals surface area (Å²) in [7, 11) is 0. The first-order chi connectivity index (χ1) is 8.13. The predicted molar refractivity (Wildman–Crippen MR) is 66.8 cm³/mol. The third kappa shape index (κ3) is 2.19. The van der Waals surface area contributed by atoms with Crippen LogP contribution < -0.4 is 16.4 Å². The zero-order chi connectivity index (χ0) is 12.4. The lowest BCUT2D eigenvalue weighted by atomic mass is 10.1. The van der Waals surface area contributed by atoms with E-state index >= 15 is 0 Å². The number of rotatable bonds is 3. The molecule has 1 heterocycles. The van der Waals surface area contributed by atoms with Gasteiger partial charge in [-0.2, -0.15) is 0 Å². The Labute approximate surface area is 100 Å². The van der Waals surface area contributed by atoms with Crippen LogP contribution in [0.2, 0.25) is 0 Å². The minimum absolute atomic E-state index is 0.122. The average Bonchev–Trinajstić information content (AvgIpc) is 2.76. The van der Waals surface area contributed by atoms with Crippen molar-refractivity contribution in [3.05, 3.63) is 23.8 Å². The summed E-state index contributed by atoms with van der Waals surface area (Å²) in [5.74, 6) is -0.483. The Morgan fingerprint density at radius 2 is 2.29 bits per heavy atom. The van der Waals surface area contributed by atoms with E-state index in [1.165, 1.54) is 0 Å². The standard InChI is InChI=1S/C12H17N3O2/c13-10-6-8(12(14)17)3-4-11(10)15-5-1-2-9(15)7-16/h3-4,6,9,16H,1-2,5,7,13H2,(H2,14,17). The van der Waals surface area contributed by atoms with Crippen LogP contribution in [0.1, 0.15) is 23.2 Å². The van der Waals surface area contributed by atoms with Gasteiger partial charge in [-0.3, -0.25) is 4.79 Å². The van der Waals surface area contributed by atoms with E-state index in [9.17, 15) is 9.90 Å². The number of anilines is 2. The van der Waals surface area contributed by atoms with Gasteiger partial charge >= 0.3 is 0 Å². The molecule has 1 fully saturated rings. The molecule has 1 saturated heterocycles. The van der Waals surface area contributed by atoms with E-state index in [1.807, 2.05) is 0 Å². The number of aliphatic hydroxyl groups is 1. The number of benzene rings is 1. The van der Waals surface area contributed by atoms with Crippen molar-refractivity contribution < 1.29 is 9.90 Å². The minimum atomic E-state index is -0.483. The smallest absolute Gasteiger partial charge is 0.248 e. The Bertz CT molecular complexity index is 434. The van der Waals surface area contributed by atoms with Gasteiger partial charge in [-0.25, -0.2) is 0 Å². The maximum absolute atomic E-state index is 11.0. The highest BCUT2D eigenvalue weighted by molar-refractivity contribution is 5.95. The molecular formula is C12H17N3O2. The molecule has 2 rings (SSSR count). The van der Waals surface area contributed by atoms with Gasteiger partial charge in [-0.05, 0) is 31.0 Å². The molecule has 0 saturated carbocycles. The minimum Gasteiger partial charge on any atom is -0.397 e. The first-order valence-electron chi connectivity index (χ1n) is 5.70. The molecule has 0 radical (unpaired) electrons. The molecule has 0 aliphatic carbocycles. The van der Waals surface area contributed by atoms with Crippen molar-refractivity contribution in [2.45, 2.75) is 18.9 Å². The first-order valence-corrected chi connectivity index (χ1v) is 5.70. The first kappa shape index (κ1) is 11.7. The number of nitrogen functional groups attached to an aromatic ring is 1. The molecule has 1 unspecified atom stereocenters. The fourth-order valence-corrected chi connectivity index (χ4v) is 2.31. The Morgan fingerprint density at radius 1 is 1.53 bits per heavy atom. The van der Waals surface area contributed by atoms with Gasteiger partial charge in [0.2, 0.25) is 5.91 Å². The van der Waals surface area contributed by atoms with Crippen molar-refractivity contribution in [3.63, 3.8) is 0 Å². The molecule has 0 bridgehead atoms. The molecule has 1 aromatic rings. The van der Waals surface area contributed by atoms with Crippen molar-refractivity contribution in [1.29, 1.82) is 0 Å². The summed E-state index contributed by atoms with van der Waals surface area (Å²) >= 11 is 0. The molecule has 1 amide bonds. The van der Waals surface area contributed by atoms with Gasteiger partial charge < -0.3 is 21.5 Å². The van der Waals surface area contributed by atoms with Crippen LogP contribution in [0.5, 0.6) is 0 Å². The summed E-state index contributed by atoms with van der Waals surface area (Å²) in [6.45, 7) is 1.00. The Morgan fingerprint density at radius 3 is 2.88 bits per heavy atom. The number of amides is 1. The molecule has 1 aromatic carbocycles. The highest BCUT2D eigenvalue weighted by atomic mass is 16.3. The lowest BCUT2D eigenvalue weighted by Gasteiger charge is -2.26. The molecule has 5 N–H and O–H groups in total. The highest BCUT2D eigenvalue weighted by Gasteiger charge is 2.25. The second kappa shape index (κ2) is 4.63. The summed E-state index contributed by atoms with van der Waals surface area (Å²) in [5, 5.41) is 9.27. The number of nitrogens with zero attached hydrogens (tertiary/aromatic N) is 1. The topological polar surface area (TPSA) is 92.6 Å². The van der Waals surface area contributed by atoms with Crippen LogP contribution in [-0.2, 0) is 0 Å². The number of primary amides is 1. The second-order valence-corrected chi connectivity index (χ2v) is 4.31. The summed E-state index contributed by atoms with van der Waals surface area (Å²) in [6.07, 6.45) is 2.01. The zero-order valence-corrected chi connectivity index (χ0v) is 9.60. The van der Waals surface area contributed by atoms with Crippen LogP contribution in [0.4, 0.5) is 11.4 Å². The fourth-order valence-electron chi connectivity index (χ4n) is 2.31. The molecule has 0 aromatic heterocycles. The van der Waals surface area contributed by atoms with Crippen molar-refractivity contribution in [3.8, 4) is 0 Å². The number of nitrogens with two attached hydrogens (primary N) is 2. The molecule has 1 aliphatic rings. The van der Waals surface area contributed by atoms with E-state index in [0.29, 0.717) is 11.3 Å². The van der Waals surface area contributed by atoms with E-state index in [4.69, 9.17) is 11.5 Å². The van der Waals surface area contributed by atoms with Crippen molar-refractivity contribution >= 4 is 17.3 Å². The number of hydrogen-bond donors (Lipinski definition) is 3. The van der Waals surface area contributed by atoms with Crippen LogP contribution in [0, 0.1) is 0 Å². The average molecular weight is 235 g/mol. The third-order valence-corrected chi connectivity index (χ3v) is 3.21. The molecule has 17 heavy (non-hydrogen) atoms. The summed E-state index contributed by atoms with van der Waals surface area (Å²) in [5.41, 5.74) is 12.9. The quantitative estimate of drug-likeness (QED) is 0.658. The largest absolute Gasteiger partial charge is 0.397 e. The summed E-state index contributed by atoms with van der Waals surface area (Å²) < 4.78 is 0. The normalized spacial score (nSPS) is 19.6. The van der Waals surface area contributed by atoms with Crippen LogP contribution in [0.25, 0.3) is 0 Å². The Kier molecular flexibility index (Phi) is 3.19. The lowest BCUT2D eigenvalue weighted by molar-refractivity contribution is 0.100. The van der Waals surface area contributed by atoms with Gasteiger partial charge in [-0.1, -0.05) is 0 Å². The zero-order valence-electron chi connectivity index (χ0n) is 9.60. The van der Waals surface area contributed by atoms with Gasteiger partial charge in [0.1, 0.15) is 0 Å². The SMILES string of the molecule is NC(=O)c1ccc(N2CCCC2CO)c(N)c1. The maximum atomic E-state index is 11.0. The number of carbonyl (C=O) groups excluding carboxylic acids is 1. The number of carbonyl (C=O) groups is 1. The van der Waals surface area contributed by atoms with E-state index in [-0.39, 0.29) is 12.6 Å². The molecular weight excluding hydrogens is 218 g/mol. The van der Waals surface area contributed by atoms with Crippen LogP contribution in [-0.4, -0.2) is 30.2 Å². The second-order valence-electron chi connectivity index (χ2n) is 4.31. The Balaban J connectivity index is 2.30. The van der Waals surface area contributed by atoms with Crippen LogP contribution in [0.3, 0.4) is 0 Å². The highest BCUT2D eigenvalue weighted by Crippen LogP contribution is 2.30.